The summed E-state index contributed by atoms with van der Waals surface area (Å²) in [4.78, 5) is 0. The quantitative estimate of drug-likeness (QED) is 0.747. The molecule has 3 rings (SSSR count). The third kappa shape index (κ3) is 2.38. The fourth-order valence-corrected chi connectivity index (χ4v) is 2.87. The van der Waals surface area contributed by atoms with Gasteiger partial charge in [0.15, 0.2) is 0 Å². The monoisotopic (exact) mass is 235 g/mol. The van der Waals surface area contributed by atoms with E-state index in [0.717, 1.165) is 19.7 Å². The number of hydrogen-bond donors (Lipinski definition) is 1. The van der Waals surface area contributed by atoms with Gasteiger partial charge in [-0.25, -0.2) is 0 Å². The Morgan fingerprint density at radius 1 is 1.06 bits per heavy atom. The van der Waals surface area contributed by atoms with Gasteiger partial charge in [0.1, 0.15) is 0 Å². The van der Waals surface area contributed by atoms with Crippen molar-refractivity contribution in [3.05, 3.63) is 17.0 Å². The lowest BCUT2D eigenvalue weighted by molar-refractivity contribution is 0.109. The van der Waals surface area contributed by atoms with Crippen LogP contribution in [0.3, 0.4) is 0 Å². The number of hydrogen-bond acceptors (Lipinski definition) is 3. The van der Waals surface area contributed by atoms with E-state index in [0.29, 0.717) is 6.73 Å². The lowest BCUT2D eigenvalue weighted by atomic mass is 10.0. The number of fused-ring (bicyclic) bond motifs is 3. The number of ether oxygens (including phenoxy) is 1. The van der Waals surface area contributed by atoms with Crippen LogP contribution < -0.4 is 5.32 Å². The predicted molar refractivity (Wildman–Crippen MR) is 65.5 cm³/mol. The van der Waals surface area contributed by atoms with E-state index < -0.39 is 0 Å². The van der Waals surface area contributed by atoms with Crippen LogP contribution in [0.25, 0.3) is 0 Å². The van der Waals surface area contributed by atoms with Crippen LogP contribution in [0.4, 0.5) is 0 Å². The fourth-order valence-electron chi connectivity index (χ4n) is 2.87. The lowest BCUT2D eigenvalue weighted by Crippen LogP contribution is -2.18. The molecule has 17 heavy (non-hydrogen) atoms. The van der Waals surface area contributed by atoms with Crippen molar-refractivity contribution in [2.45, 2.75) is 58.2 Å². The van der Waals surface area contributed by atoms with Crippen molar-refractivity contribution in [2.24, 2.45) is 0 Å². The largest absolute Gasteiger partial charge is 0.360 e. The van der Waals surface area contributed by atoms with E-state index in [1.54, 1.807) is 0 Å². The Balaban J connectivity index is 1.91. The first-order valence-electron chi connectivity index (χ1n) is 6.81. The van der Waals surface area contributed by atoms with Crippen molar-refractivity contribution in [1.29, 1.82) is 0 Å². The molecule has 0 atom stereocenters. The summed E-state index contributed by atoms with van der Waals surface area (Å²) in [5.74, 6) is 0. The molecule has 0 spiro atoms. The molecule has 1 aliphatic heterocycles. The van der Waals surface area contributed by atoms with Gasteiger partial charge in [0.25, 0.3) is 0 Å². The van der Waals surface area contributed by atoms with Crippen LogP contribution in [0.15, 0.2) is 0 Å². The summed E-state index contributed by atoms with van der Waals surface area (Å²) < 4.78 is 7.69. The first-order chi connectivity index (χ1) is 8.45. The molecule has 1 aliphatic carbocycles. The number of aryl methyl sites for hydroxylation is 1. The van der Waals surface area contributed by atoms with Gasteiger partial charge in [-0.3, -0.25) is 10.00 Å². The van der Waals surface area contributed by atoms with Gasteiger partial charge in [-0.2, -0.15) is 5.10 Å². The van der Waals surface area contributed by atoms with Crippen molar-refractivity contribution < 1.29 is 4.74 Å². The Kier molecular flexibility index (Phi) is 3.43. The second-order valence-electron chi connectivity index (χ2n) is 5.04. The van der Waals surface area contributed by atoms with Gasteiger partial charge in [0.05, 0.1) is 31.4 Å². The van der Waals surface area contributed by atoms with Gasteiger partial charge in [0, 0.05) is 0 Å². The zero-order chi connectivity index (χ0) is 11.5. The SMILES string of the molecule is C1CCCc2nn3c(c2CCC1)COCNC3. The molecule has 2 heterocycles. The molecule has 1 N–H and O–H groups in total. The van der Waals surface area contributed by atoms with Crippen LogP contribution in [0.2, 0.25) is 0 Å². The minimum atomic E-state index is 0.637. The smallest absolute Gasteiger partial charge is 0.0984 e. The van der Waals surface area contributed by atoms with E-state index in [-0.39, 0.29) is 0 Å². The molecular weight excluding hydrogens is 214 g/mol. The Morgan fingerprint density at radius 2 is 1.88 bits per heavy atom. The second kappa shape index (κ2) is 5.19. The Hall–Kier alpha value is -0.870. The van der Waals surface area contributed by atoms with E-state index in [1.165, 1.54) is 55.5 Å². The van der Waals surface area contributed by atoms with Gasteiger partial charge in [-0.15, -0.1) is 0 Å². The van der Waals surface area contributed by atoms with Crippen molar-refractivity contribution in [3.8, 4) is 0 Å². The van der Waals surface area contributed by atoms with Crippen LogP contribution >= 0.6 is 0 Å². The van der Waals surface area contributed by atoms with Gasteiger partial charge in [-0.05, 0) is 31.2 Å². The minimum absolute atomic E-state index is 0.637. The highest BCUT2D eigenvalue weighted by Crippen LogP contribution is 2.23. The van der Waals surface area contributed by atoms with Crippen molar-refractivity contribution in [2.75, 3.05) is 6.73 Å². The van der Waals surface area contributed by atoms with Gasteiger partial charge < -0.3 is 4.74 Å². The standard InChI is InChI=1S/C13H21N3O/c1-2-4-6-11-12(7-5-3-1)15-16-9-14-10-17-8-13(11)16/h14H,1-10H2. The van der Waals surface area contributed by atoms with Crippen LogP contribution in [-0.2, 0) is 30.9 Å². The molecule has 4 nitrogen and oxygen atoms in total. The summed E-state index contributed by atoms with van der Waals surface area (Å²) in [6.07, 6.45) is 9.04. The van der Waals surface area contributed by atoms with Gasteiger partial charge in [-0.1, -0.05) is 19.3 Å². The molecule has 4 heteroatoms. The van der Waals surface area contributed by atoms with Crippen LogP contribution in [0.1, 0.15) is 49.1 Å². The summed E-state index contributed by atoms with van der Waals surface area (Å²) in [5.41, 5.74) is 4.12. The maximum absolute atomic E-state index is 5.58. The minimum Gasteiger partial charge on any atom is -0.360 e. The van der Waals surface area contributed by atoms with E-state index in [1.807, 2.05) is 0 Å². The van der Waals surface area contributed by atoms with Crippen LogP contribution in [0, 0.1) is 0 Å². The topological polar surface area (TPSA) is 39.1 Å². The number of nitrogens with one attached hydrogen (secondary N) is 1. The summed E-state index contributed by atoms with van der Waals surface area (Å²) in [6, 6.07) is 0. The molecule has 0 amide bonds. The molecule has 0 fully saturated rings. The van der Waals surface area contributed by atoms with E-state index >= 15 is 0 Å². The second-order valence-corrected chi connectivity index (χ2v) is 5.04. The third-order valence-corrected chi connectivity index (χ3v) is 3.79. The summed E-state index contributed by atoms with van der Waals surface area (Å²) in [5, 5.41) is 8.00. The number of aromatic nitrogens is 2. The number of rotatable bonds is 0. The molecule has 2 aliphatic rings. The molecule has 0 saturated heterocycles. The van der Waals surface area contributed by atoms with E-state index in [9.17, 15) is 0 Å². The van der Waals surface area contributed by atoms with Crippen LogP contribution in [-0.4, -0.2) is 16.5 Å². The fraction of sp³-hybridized carbons (Fsp3) is 0.769. The van der Waals surface area contributed by atoms with E-state index in [2.05, 4.69) is 10.00 Å². The Morgan fingerprint density at radius 3 is 2.82 bits per heavy atom. The van der Waals surface area contributed by atoms with Gasteiger partial charge in [0.2, 0.25) is 0 Å². The van der Waals surface area contributed by atoms with E-state index in [4.69, 9.17) is 9.84 Å². The molecule has 0 saturated carbocycles. The van der Waals surface area contributed by atoms with Crippen LogP contribution in [0.5, 0.6) is 0 Å². The molecule has 1 aromatic rings. The maximum atomic E-state index is 5.58. The summed E-state index contributed by atoms with van der Waals surface area (Å²) >= 11 is 0. The zero-order valence-corrected chi connectivity index (χ0v) is 10.4. The molecule has 1 aromatic heterocycles. The first kappa shape index (κ1) is 11.2. The Bertz CT molecular complexity index is 386. The molecule has 0 radical (unpaired) electrons. The zero-order valence-electron chi connectivity index (χ0n) is 10.4. The predicted octanol–water partition coefficient (Wildman–Crippen LogP) is 1.97. The average molecular weight is 235 g/mol. The highest BCUT2D eigenvalue weighted by molar-refractivity contribution is 5.27. The normalized spacial score (nSPS) is 21.6. The van der Waals surface area contributed by atoms with Crippen molar-refractivity contribution >= 4 is 0 Å². The summed E-state index contributed by atoms with van der Waals surface area (Å²) in [7, 11) is 0. The number of nitrogens with zero attached hydrogens (tertiary/aromatic N) is 2. The van der Waals surface area contributed by atoms with Gasteiger partial charge >= 0.3 is 0 Å². The Labute approximate surface area is 102 Å². The average Bonchev–Trinajstić information content (AvgIpc) is 2.55. The van der Waals surface area contributed by atoms with Crippen molar-refractivity contribution in [3.63, 3.8) is 0 Å². The molecular formula is C13H21N3O. The molecule has 0 aromatic carbocycles. The molecule has 0 unspecified atom stereocenters. The first-order valence-corrected chi connectivity index (χ1v) is 6.81. The highest BCUT2D eigenvalue weighted by atomic mass is 16.5. The molecule has 94 valence electrons. The summed E-state index contributed by atoms with van der Waals surface area (Å²) in [6.45, 7) is 2.15. The maximum Gasteiger partial charge on any atom is 0.0984 e. The lowest BCUT2D eigenvalue weighted by Gasteiger charge is -2.04. The van der Waals surface area contributed by atoms with Crippen molar-refractivity contribution in [1.82, 2.24) is 15.1 Å². The molecule has 0 bridgehead atoms. The third-order valence-electron chi connectivity index (χ3n) is 3.79. The highest BCUT2D eigenvalue weighted by Gasteiger charge is 2.19.